The Morgan fingerprint density at radius 3 is 2.30 bits per heavy atom. The molecule has 1 aliphatic heterocycles. The number of aliphatic hydroxyl groups is 1. The third-order valence-electron chi connectivity index (χ3n) is 5.89. The van der Waals surface area contributed by atoms with Gasteiger partial charge < -0.3 is 24.2 Å². The number of Topliss-reactive ketones (excluding diaryl/α,β-unsaturated/α-hetero) is 1. The number of ether oxygens (including phenoxy) is 3. The molecule has 1 fully saturated rings. The van der Waals surface area contributed by atoms with Crippen LogP contribution in [0.1, 0.15) is 48.1 Å². The van der Waals surface area contributed by atoms with Crippen LogP contribution in [0.5, 0.6) is 17.2 Å². The molecule has 0 aliphatic carbocycles. The number of carbonyl (C=O) groups excluding carboxylic acids is 2. The van der Waals surface area contributed by atoms with Crippen LogP contribution >= 0.6 is 0 Å². The Morgan fingerprint density at radius 2 is 1.70 bits per heavy atom. The number of benzene rings is 2. The summed E-state index contributed by atoms with van der Waals surface area (Å²) >= 11 is 0. The number of hydrogen-bond acceptors (Lipinski definition) is 6. The van der Waals surface area contributed by atoms with E-state index in [1.807, 2.05) is 26.8 Å². The molecule has 3 rings (SSSR count). The fraction of sp³-hybridized carbons (Fsp3) is 0.385. The first-order valence-electron chi connectivity index (χ1n) is 10.9. The molecule has 0 bridgehead atoms. The van der Waals surface area contributed by atoms with Crippen molar-refractivity contribution >= 4 is 17.4 Å². The standard InChI is InChI=1S/C26H31NO6/c1-7-8-11-27-22(17-9-10-19(31-4)20(14-17)32-5)21(24(29)26(27)30)23(28)18-13-15(2)12-16(3)25(18)33-6/h9-10,12-14,22,28H,7-8,11H2,1-6H3/b23-21+. The zero-order valence-electron chi connectivity index (χ0n) is 20.0. The average molecular weight is 454 g/mol. The number of ketones is 1. The van der Waals surface area contributed by atoms with E-state index in [-0.39, 0.29) is 11.3 Å². The van der Waals surface area contributed by atoms with Crippen molar-refractivity contribution in [1.29, 1.82) is 0 Å². The molecule has 2 aromatic carbocycles. The number of aliphatic hydroxyl groups excluding tert-OH is 1. The number of carbonyl (C=O) groups is 2. The summed E-state index contributed by atoms with van der Waals surface area (Å²) in [5.74, 6) is -0.139. The molecule has 7 nitrogen and oxygen atoms in total. The second kappa shape index (κ2) is 9.98. The zero-order valence-corrected chi connectivity index (χ0v) is 20.0. The first-order chi connectivity index (χ1) is 15.8. The highest BCUT2D eigenvalue weighted by Crippen LogP contribution is 2.43. The molecule has 7 heteroatoms. The van der Waals surface area contributed by atoms with Crippen molar-refractivity contribution in [3.05, 3.63) is 58.2 Å². The summed E-state index contributed by atoms with van der Waals surface area (Å²) in [7, 11) is 4.58. The fourth-order valence-electron chi connectivity index (χ4n) is 4.35. The molecule has 1 unspecified atom stereocenters. The summed E-state index contributed by atoms with van der Waals surface area (Å²) in [6, 6.07) is 8.17. The van der Waals surface area contributed by atoms with Gasteiger partial charge in [-0.3, -0.25) is 9.59 Å². The largest absolute Gasteiger partial charge is 0.507 e. The molecule has 33 heavy (non-hydrogen) atoms. The van der Waals surface area contributed by atoms with Crippen molar-refractivity contribution in [2.24, 2.45) is 0 Å². The third-order valence-corrected chi connectivity index (χ3v) is 5.89. The highest BCUT2D eigenvalue weighted by molar-refractivity contribution is 6.46. The lowest BCUT2D eigenvalue weighted by Crippen LogP contribution is -2.30. The number of aryl methyl sites for hydroxylation is 2. The van der Waals surface area contributed by atoms with E-state index >= 15 is 0 Å². The summed E-state index contributed by atoms with van der Waals surface area (Å²) in [5.41, 5.74) is 2.79. The van der Waals surface area contributed by atoms with Gasteiger partial charge in [0.05, 0.1) is 38.5 Å². The summed E-state index contributed by atoms with van der Waals surface area (Å²) in [5, 5.41) is 11.4. The maximum atomic E-state index is 13.2. The van der Waals surface area contributed by atoms with Crippen molar-refractivity contribution in [3.63, 3.8) is 0 Å². The summed E-state index contributed by atoms with van der Waals surface area (Å²) < 4.78 is 16.3. The molecule has 1 aliphatic rings. The smallest absolute Gasteiger partial charge is 0.295 e. The molecule has 2 aromatic rings. The topological polar surface area (TPSA) is 85.3 Å². The molecular weight excluding hydrogens is 422 g/mol. The Kier molecular flexibility index (Phi) is 7.31. The maximum absolute atomic E-state index is 13.2. The number of methoxy groups -OCH3 is 3. The molecular formula is C26H31NO6. The Balaban J connectivity index is 2.28. The minimum absolute atomic E-state index is 0.0339. The molecule has 1 atom stereocenters. The van der Waals surface area contributed by atoms with Gasteiger partial charge in [0.1, 0.15) is 11.5 Å². The van der Waals surface area contributed by atoms with Crippen molar-refractivity contribution in [3.8, 4) is 17.2 Å². The van der Waals surface area contributed by atoms with Crippen LogP contribution in [0.4, 0.5) is 0 Å². The second-order valence-corrected chi connectivity index (χ2v) is 8.12. The SMILES string of the molecule is CCCCN1C(=O)C(=O)/C(=C(/O)c2cc(C)cc(C)c2OC)C1c1ccc(OC)c(OC)c1. The number of nitrogens with zero attached hydrogens (tertiary/aromatic N) is 1. The number of rotatable bonds is 8. The van der Waals surface area contributed by atoms with Gasteiger partial charge in [0.2, 0.25) is 0 Å². The van der Waals surface area contributed by atoms with Crippen LogP contribution in [-0.4, -0.2) is 49.6 Å². The van der Waals surface area contributed by atoms with E-state index in [2.05, 4.69) is 0 Å². The highest BCUT2D eigenvalue weighted by Gasteiger charge is 2.46. The summed E-state index contributed by atoms with van der Waals surface area (Å²) in [6.07, 6.45) is 1.58. The van der Waals surface area contributed by atoms with Gasteiger partial charge in [0, 0.05) is 6.54 Å². The normalized spacial score (nSPS) is 17.4. The van der Waals surface area contributed by atoms with Gasteiger partial charge in [-0.25, -0.2) is 0 Å². The van der Waals surface area contributed by atoms with Gasteiger partial charge in [-0.2, -0.15) is 0 Å². The van der Waals surface area contributed by atoms with Gasteiger partial charge in [0.25, 0.3) is 11.7 Å². The molecule has 0 spiro atoms. The Bertz CT molecular complexity index is 1100. The van der Waals surface area contributed by atoms with E-state index in [0.717, 1.165) is 24.0 Å². The third kappa shape index (κ3) is 4.40. The van der Waals surface area contributed by atoms with Gasteiger partial charge in [0.15, 0.2) is 11.5 Å². The van der Waals surface area contributed by atoms with E-state index in [1.54, 1.807) is 24.3 Å². The van der Waals surface area contributed by atoms with E-state index in [1.165, 1.54) is 26.2 Å². The summed E-state index contributed by atoms with van der Waals surface area (Å²) in [6.45, 7) is 6.17. The van der Waals surface area contributed by atoms with Crippen LogP contribution in [0.2, 0.25) is 0 Å². The quantitative estimate of drug-likeness (QED) is 0.359. The van der Waals surface area contributed by atoms with E-state index in [0.29, 0.717) is 34.9 Å². The Hall–Kier alpha value is -3.48. The number of amides is 1. The maximum Gasteiger partial charge on any atom is 0.295 e. The van der Waals surface area contributed by atoms with Crippen LogP contribution in [0.25, 0.3) is 5.76 Å². The number of unbranched alkanes of at least 4 members (excludes halogenated alkanes) is 1. The fourth-order valence-corrected chi connectivity index (χ4v) is 4.35. The van der Waals surface area contributed by atoms with Crippen molar-refractivity contribution in [1.82, 2.24) is 4.90 Å². The van der Waals surface area contributed by atoms with E-state index < -0.39 is 17.7 Å². The first kappa shape index (κ1) is 24.2. The lowest BCUT2D eigenvalue weighted by Gasteiger charge is -2.26. The van der Waals surface area contributed by atoms with Crippen LogP contribution < -0.4 is 14.2 Å². The number of hydrogen-bond donors (Lipinski definition) is 1. The van der Waals surface area contributed by atoms with Crippen molar-refractivity contribution in [2.75, 3.05) is 27.9 Å². The van der Waals surface area contributed by atoms with Gasteiger partial charge in [-0.05, 0) is 55.2 Å². The monoisotopic (exact) mass is 453 g/mol. The molecule has 1 saturated heterocycles. The average Bonchev–Trinajstić information content (AvgIpc) is 3.06. The predicted molar refractivity (Wildman–Crippen MR) is 126 cm³/mol. The van der Waals surface area contributed by atoms with Crippen LogP contribution in [0.3, 0.4) is 0 Å². The van der Waals surface area contributed by atoms with E-state index in [4.69, 9.17) is 14.2 Å². The first-order valence-corrected chi connectivity index (χ1v) is 10.9. The molecule has 0 saturated carbocycles. The van der Waals surface area contributed by atoms with Crippen molar-refractivity contribution in [2.45, 2.75) is 39.7 Å². The predicted octanol–water partition coefficient (Wildman–Crippen LogP) is 4.55. The van der Waals surface area contributed by atoms with Crippen LogP contribution in [0.15, 0.2) is 35.9 Å². The zero-order chi connectivity index (χ0) is 24.3. The van der Waals surface area contributed by atoms with E-state index in [9.17, 15) is 14.7 Å². The lowest BCUT2D eigenvalue weighted by molar-refractivity contribution is -0.139. The second-order valence-electron chi connectivity index (χ2n) is 8.12. The van der Waals surface area contributed by atoms with Crippen LogP contribution in [-0.2, 0) is 9.59 Å². The van der Waals surface area contributed by atoms with Crippen molar-refractivity contribution < 1.29 is 28.9 Å². The molecule has 176 valence electrons. The molecule has 1 N–H and O–H groups in total. The Labute approximate surface area is 194 Å². The molecule has 1 heterocycles. The van der Waals surface area contributed by atoms with Gasteiger partial charge >= 0.3 is 0 Å². The molecule has 1 amide bonds. The number of likely N-dealkylation sites (tertiary alicyclic amines) is 1. The molecule has 0 radical (unpaired) electrons. The minimum Gasteiger partial charge on any atom is -0.507 e. The van der Waals surface area contributed by atoms with Gasteiger partial charge in [-0.15, -0.1) is 0 Å². The molecule has 0 aromatic heterocycles. The van der Waals surface area contributed by atoms with Gasteiger partial charge in [-0.1, -0.05) is 25.5 Å². The highest BCUT2D eigenvalue weighted by atomic mass is 16.5. The summed E-state index contributed by atoms with van der Waals surface area (Å²) in [4.78, 5) is 27.8. The lowest BCUT2D eigenvalue weighted by atomic mass is 9.93. The van der Waals surface area contributed by atoms with Crippen LogP contribution in [0, 0.1) is 13.8 Å². The minimum atomic E-state index is -0.762. The Morgan fingerprint density at radius 1 is 1.00 bits per heavy atom.